The average Bonchev–Trinajstić information content (AvgIpc) is 3.20. The van der Waals surface area contributed by atoms with Gasteiger partial charge in [-0.3, -0.25) is 4.79 Å². The van der Waals surface area contributed by atoms with E-state index in [0.717, 1.165) is 12.8 Å². The molecule has 1 saturated carbocycles. The lowest BCUT2D eigenvalue weighted by Gasteiger charge is -2.17. The van der Waals surface area contributed by atoms with E-state index in [1.807, 2.05) is 6.07 Å². The average molecular weight is 308 g/mol. The fraction of sp³-hybridized carbons (Fsp3) is 0.429. The van der Waals surface area contributed by atoms with Gasteiger partial charge in [-0.25, -0.2) is 13.1 Å². The standard InChI is InChI=1S/C14H16N2O4S/c1-9-6-10(8-15)2-5-13(9)21(19,20)16-12(7-14(17)18)11-3-4-11/h2,5-6,11-12,16H,3-4,7H2,1H3,(H,17,18). The zero-order chi connectivity index (χ0) is 15.6. The van der Waals surface area contributed by atoms with E-state index >= 15 is 0 Å². The minimum Gasteiger partial charge on any atom is -0.481 e. The van der Waals surface area contributed by atoms with Crippen molar-refractivity contribution in [2.24, 2.45) is 5.92 Å². The molecule has 0 aliphatic heterocycles. The largest absolute Gasteiger partial charge is 0.481 e. The first-order valence-electron chi connectivity index (χ1n) is 6.58. The summed E-state index contributed by atoms with van der Waals surface area (Å²) in [6.45, 7) is 1.61. The summed E-state index contributed by atoms with van der Waals surface area (Å²) in [6.07, 6.45) is 1.46. The fourth-order valence-corrected chi connectivity index (χ4v) is 3.81. The summed E-state index contributed by atoms with van der Waals surface area (Å²) in [5.74, 6) is -0.930. The van der Waals surface area contributed by atoms with Gasteiger partial charge in [-0.2, -0.15) is 5.26 Å². The van der Waals surface area contributed by atoms with Gasteiger partial charge < -0.3 is 5.11 Å². The number of carboxylic acid groups (broad SMARTS) is 1. The van der Waals surface area contributed by atoms with Gasteiger partial charge in [0.15, 0.2) is 0 Å². The number of benzene rings is 1. The molecule has 0 heterocycles. The summed E-state index contributed by atoms with van der Waals surface area (Å²) in [5, 5.41) is 17.7. The lowest BCUT2D eigenvalue weighted by Crippen LogP contribution is -2.38. The van der Waals surface area contributed by atoms with Crippen LogP contribution in [-0.4, -0.2) is 25.5 Å². The van der Waals surface area contributed by atoms with Gasteiger partial charge in [0.25, 0.3) is 0 Å². The number of hydrogen-bond donors (Lipinski definition) is 2. The van der Waals surface area contributed by atoms with Crippen LogP contribution in [0.25, 0.3) is 0 Å². The Kier molecular flexibility index (Phi) is 4.30. The molecule has 1 aromatic carbocycles. The first-order valence-corrected chi connectivity index (χ1v) is 8.06. The normalized spacial score (nSPS) is 16.2. The quantitative estimate of drug-likeness (QED) is 0.826. The van der Waals surface area contributed by atoms with Crippen LogP contribution < -0.4 is 4.72 Å². The lowest BCUT2D eigenvalue weighted by molar-refractivity contribution is -0.137. The maximum Gasteiger partial charge on any atom is 0.304 e. The highest BCUT2D eigenvalue weighted by Crippen LogP contribution is 2.35. The maximum atomic E-state index is 12.4. The molecule has 1 aliphatic rings. The van der Waals surface area contributed by atoms with Crippen molar-refractivity contribution in [2.75, 3.05) is 0 Å². The fourth-order valence-electron chi connectivity index (χ4n) is 2.27. The molecule has 1 aliphatic carbocycles. The summed E-state index contributed by atoms with van der Waals surface area (Å²) in [6, 6.07) is 5.68. The highest BCUT2D eigenvalue weighted by molar-refractivity contribution is 7.89. The number of carboxylic acids is 1. The Labute approximate surface area is 123 Å². The Hall–Kier alpha value is -1.91. The predicted molar refractivity (Wildman–Crippen MR) is 75.0 cm³/mol. The second-order valence-electron chi connectivity index (χ2n) is 5.26. The molecule has 1 aromatic rings. The molecule has 0 spiro atoms. The van der Waals surface area contributed by atoms with Gasteiger partial charge >= 0.3 is 5.97 Å². The summed E-state index contributed by atoms with van der Waals surface area (Å²) in [5.41, 5.74) is 0.849. The van der Waals surface area contributed by atoms with Crippen LogP contribution in [0.5, 0.6) is 0 Å². The molecule has 0 amide bonds. The second kappa shape index (κ2) is 5.84. The van der Waals surface area contributed by atoms with Crippen molar-refractivity contribution in [1.29, 1.82) is 5.26 Å². The first kappa shape index (κ1) is 15.5. The zero-order valence-electron chi connectivity index (χ0n) is 11.5. The van der Waals surface area contributed by atoms with Gasteiger partial charge in [0, 0.05) is 6.04 Å². The van der Waals surface area contributed by atoms with Gasteiger partial charge in [0.2, 0.25) is 10.0 Å². The van der Waals surface area contributed by atoms with Gasteiger partial charge in [-0.1, -0.05) is 0 Å². The number of nitrogens with zero attached hydrogens (tertiary/aromatic N) is 1. The van der Waals surface area contributed by atoms with E-state index in [-0.39, 0.29) is 17.2 Å². The van der Waals surface area contributed by atoms with Crippen molar-refractivity contribution in [3.8, 4) is 6.07 Å². The van der Waals surface area contributed by atoms with Crippen molar-refractivity contribution in [3.63, 3.8) is 0 Å². The Balaban J connectivity index is 2.25. The van der Waals surface area contributed by atoms with Gasteiger partial charge in [0.1, 0.15) is 0 Å². The third-order valence-electron chi connectivity index (χ3n) is 3.49. The monoisotopic (exact) mass is 308 g/mol. The molecule has 1 fully saturated rings. The number of carbonyl (C=O) groups is 1. The van der Waals surface area contributed by atoms with E-state index in [2.05, 4.69) is 4.72 Å². The van der Waals surface area contributed by atoms with Crippen LogP contribution in [0.4, 0.5) is 0 Å². The van der Waals surface area contributed by atoms with Crippen molar-refractivity contribution in [3.05, 3.63) is 29.3 Å². The second-order valence-corrected chi connectivity index (χ2v) is 6.94. The van der Waals surface area contributed by atoms with Crippen LogP contribution in [-0.2, 0) is 14.8 Å². The maximum absolute atomic E-state index is 12.4. The van der Waals surface area contributed by atoms with Crippen molar-refractivity contribution in [1.82, 2.24) is 4.72 Å². The molecule has 21 heavy (non-hydrogen) atoms. The van der Waals surface area contributed by atoms with Crippen molar-refractivity contribution >= 4 is 16.0 Å². The molecule has 2 rings (SSSR count). The smallest absolute Gasteiger partial charge is 0.304 e. The molecular formula is C14H16N2O4S. The number of rotatable bonds is 6. The molecule has 1 unspecified atom stereocenters. The Morgan fingerprint density at radius 1 is 1.52 bits per heavy atom. The van der Waals surface area contributed by atoms with E-state index in [9.17, 15) is 13.2 Å². The summed E-state index contributed by atoms with van der Waals surface area (Å²) < 4.78 is 27.3. The number of hydrogen-bond acceptors (Lipinski definition) is 4. The highest BCUT2D eigenvalue weighted by atomic mass is 32.2. The van der Waals surface area contributed by atoms with E-state index in [0.29, 0.717) is 11.1 Å². The summed E-state index contributed by atoms with van der Waals surface area (Å²) >= 11 is 0. The minimum atomic E-state index is -3.79. The van der Waals surface area contributed by atoms with Crippen LogP contribution in [0.1, 0.15) is 30.4 Å². The third kappa shape index (κ3) is 3.80. The van der Waals surface area contributed by atoms with Gasteiger partial charge in [0.05, 0.1) is 22.9 Å². The number of aliphatic carboxylic acids is 1. The van der Waals surface area contributed by atoms with E-state index in [4.69, 9.17) is 10.4 Å². The molecule has 0 bridgehead atoms. The van der Waals surface area contributed by atoms with Crippen LogP contribution in [0.3, 0.4) is 0 Å². The topological polar surface area (TPSA) is 107 Å². The molecule has 0 saturated heterocycles. The first-order chi connectivity index (χ1) is 9.83. The summed E-state index contributed by atoms with van der Waals surface area (Å²) in [4.78, 5) is 10.9. The van der Waals surface area contributed by atoms with Gasteiger partial charge in [-0.15, -0.1) is 0 Å². The van der Waals surface area contributed by atoms with Gasteiger partial charge in [-0.05, 0) is 49.4 Å². The minimum absolute atomic E-state index is 0.0811. The molecule has 2 N–H and O–H groups in total. The van der Waals surface area contributed by atoms with Crippen LogP contribution in [0.2, 0.25) is 0 Å². The van der Waals surface area contributed by atoms with Crippen LogP contribution in [0.15, 0.2) is 23.1 Å². The Morgan fingerprint density at radius 2 is 2.19 bits per heavy atom. The number of nitrogens with one attached hydrogen (secondary N) is 1. The van der Waals surface area contributed by atoms with Crippen molar-refractivity contribution in [2.45, 2.75) is 37.1 Å². The Bertz CT molecular complexity index is 702. The van der Waals surface area contributed by atoms with E-state index in [1.165, 1.54) is 18.2 Å². The molecule has 112 valence electrons. The molecular weight excluding hydrogens is 292 g/mol. The SMILES string of the molecule is Cc1cc(C#N)ccc1S(=O)(=O)NC(CC(=O)O)C1CC1. The number of aryl methyl sites for hydroxylation is 1. The highest BCUT2D eigenvalue weighted by Gasteiger charge is 2.36. The molecule has 7 heteroatoms. The van der Waals surface area contributed by atoms with E-state index < -0.39 is 22.0 Å². The predicted octanol–water partition coefficient (Wildman–Crippen LogP) is 1.40. The van der Waals surface area contributed by atoms with E-state index in [1.54, 1.807) is 6.92 Å². The van der Waals surface area contributed by atoms with Crippen LogP contribution in [0, 0.1) is 24.2 Å². The number of nitriles is 1. The molecule has 6 nitrogen and oxygen atoms in total. The Morgan fingerprint density at radius 3 is 2.67 bits per heavy atom. The zero-order valence-corrected chi connectivity index (χ0v) is 12.4. The van der Waals surface area contributed by atoms with Crippen LogP contribution >= 0.6 is 0 Å². The molecule has 1 atom stereocenters. The molecule has 0 aromatic heterocycles. The summed E-state index contributed by atoms with van der Waals surface area (Å²) in [7, 11) is -3.79. The van der Waals surface area contributed by atoms with Crippen molar-refractivity contribution < 1.29 is 18.3 Å². The number of sulfonamides is 1. The molecule has 0 radical (unpaired) electrons. The third-order valence-corrected chi connectivity index (χ3v) is 5.14. The lowest BCUT2D eigenvalue weighted by atomic mass is 10.1.